The molecule has 0 fully saturated rings. The summed E-state index contributed by atoms with van der Waals surface area (Å²) in [6.45, 7) is 0. The van der Waals surface area contributed by atoms with E-state index in [1.807, 2.05) is 18.5 Å². The Morgan fingerprint density at radius 1 is 0.786 bits per heavy atom. The van der Waals surface area contributed by atoms with Crippen molar-refractivity contribution < 1.29 is 0 Å². The van der Waals surface area contributed by atoms with Crippen molar-refractivity contribution in [2.75, 3.05) is 0 Å². The average Bonchev–Trinajstić information content (AvgIpc) is 3.32. The molecule has 28 heavy (non-hydrogen) atoms. The van der Waals surface area contributed by atoms with Crippen LogP contribution in [-0.2, 0) is 6.42 Å². The van der Waals surface area contributed by atoms with Gasteiger partial charge in [0.05, 0.1) is 17.2 Å². The lowest BCUT2D eigenvalue weighted by molar-refractivity contribution is 1.26. The van der Waals surface area contributed by atoms with Crippen LogP contribution in [0.1, 0.15) is 11.1 Å². The molecule has 0 aliphatic heterocycles. The Kier molecular flexibility index (Phi) is 2.51. The van der Waals surface area contributed by atoms with Gasteiger partial charge in [-0.25, -0.2) is 9.97 Å². The summed E-state index contributed by atoms with van der Waals surface area (Å²) < 4.78 is 2.20. The summed E-state index contributed by atoms with van der Waals surface area (Å²) in [4.78, 5) is 13.8. The average molecular weight is 358 g/mol. The highest BCUT2D eigenvalue weighted by atomic mass is 15.1. The number of hydrogen-bond donors (Lipinski definition) is 0. The molecule has 0 saturated carbocycles. The van der Waals surface area contributed by atoms with Crippen LogP contribution in [0, 0.1) is 0 Å². The largest absolute Gasteiger partial charge is 0.288 e. The van der Waals surface area contributed by atoms with E-state index in [0.29, 0.717) is 0 Å². The summed E-state index contributed by atoms with van der Waals surface area (Å²) in [5.41, 5.74) is 9.26. The minimum atomic E-state index is 0.768. The molecule has 6 aromatic rings. The van der Waals surface area contributed by atoms with Crippen LogP contribution in [0.4, 0.5) is 0 Å². The Labute approximate surface area is 160 Å². The number of pyridine rings is 3. The van der Waals surface area contributed by atoms with Gasteiger partial charge in [0, 0.05) is 23.2 Å². The van der Waals surface area contributed by atoms with Gasteiger partial charge in [0.1, 0.15) is 5.65 Å². The van der Waals surface area contributed by atoms with Crippen LogP contribution < -0.4 is 0 Å². The summed E-state index contributed by atoms with van der Waals surface area (Å²) >= 11 is 0. The van der Waals surface area contributed by atoms with Gasteiger partial charge in [-0.1, -0.05) is 30.3 Å². The second-order valence-electron chi connectivity index (χ2n) is 7.36. The summed E-state index contributed by atoms with van der Waals surface area (Å²) in [6, 6.07) is 19.3. The predicted octanol–water partition coefficient (Wildman–Crippen LogP) is 5.16. The Morgan fingerprint density at radius 2 is 1.75 bits per heavy atom. The molecule has 130 valence electrons. The van der Waals surface area contributed by atoms with Crippen molar-refractivity contribution in [1.29, 1.82) is 0 Å². The lowest BCUT2D eigenvalue weighted by Crippen LogP contribution is -1.95. The van der Waals surface area contributed by atoms with E-state index in [4.69, 9.17) is 4.98 Å². The number of nitrogens with zero attached hydrogens (tertiary/aromatic N) is 4. The molecule has 4 heterocycles. The fraction of sp³-hybridized carbons (Fsp3) is 0.0417. The van der Waals surface area contributed by atoms with Crippen LogP contribution in [0.2, 0.25) is 0 Å². The van der Waals surface area contributed by atoms with Crippen LogP contribution in [0.5, 0.6) is 0 Å². The van der Waals surface area contributed by atoms with Crippen molar-refractivity contribution in [2.24, 2.45) is 0 Å². The van der Waals surface area contributed by atoms with Gasteiger partial charge in [-0.05, 0) is 58.3 Å². The highest BCUT2D eigenvalue weighted by molar-refractivity contribution is 6.16. The van der Waals surface area contributed by atoms with E-state index in [-0.39, 0.29) is 0 Å². The zero-order valence-corrected chi connectivity index (χ0v) is 14.9. The van der Waals surface area contributed by atoms with Gasteiger partial charge in [-0.2, -0.15) is 0 Å². The van der Waals surface area contributed by atoms with E-state index in [9.17, 15) is 0 Å². The lowest BCUT2D eigenvalue weighted by atomic mass is 9.97. The van der Waals surface area contributed by atoms with Crippen molar-refractivity contribution >= 4 is 38.5 Å². The topological polar surface area (TPSA) is 43.1 Å². The molecule has 4 nitrogen and oxygen atoms in total. The first-order valence-corrected chi connectivity index (χ1v) is 9.43. The molecule has 0 bridgehead atoms. The Morgan fingerprint density at radius 3 is 2.75 bits per heavy atom. The Hall–Kier alpha value is -3.79. The summed E-state index contributed by atoms with van der Waals surface area (Å²) in [7, 11) is 0. The van der Waals surface area contributed by atoms with Gasteiger partial charge >= 0.3 is 0 Å². The third kappa shape index (κ3) is 1.63. The number of imidazole rings is 1. The quantitative estimate of drug-likeness (QED) is 0.352. The fourth-order valence-electron chi connectivity index (χ4n) is 4.82. The monoisotopic (exact) mass is 358 g/mol. The number of aromatic nitrogens is 4. The maximum atomic E-state index is 4.89. The zero-order chi connectivity index (χ0) is 18.2. The van der Waals surface area contributed by atoms with E-state index >= 15 is 0 Å². The second-order valence-corrected chi connectivity index (χ2v) is 7.36. The fourth-order valence-corrected chi connectivity index (χ4v) is 4.82. The predicted molar refractivity (Wildman–Crippen MR) is 112 cm³/mol. The molecule has 0 unspecified atom stereocenters. The Balaban J connectivity index is 1.77. The van der Waals surface area contributed by atoms with Gasteiger partial charge in [0.2, 0.25) is 0 Å². The molecule has 4 heteroatoms. The first kappa shape index (κ1) is 14.3. The maximum Gasteiger partial charge on any atom is 0.178 e. The molecule has 0 spiro atoms. The molecule has 2 aromatic carbocycles. The van der Waals surface area contributed by atoms with Gasteiger partial charge in [0.15, 0.2) is 5.65 Å². The van der Waals surface area contributed by atoms with Crippen molar-refractivity contribution in [3.8, 4) is 11.1 Å². The highest BCUT2D eigenvalue weighted by Crippen LogP contribution is 2.43. The molecule has 0 amide bonds. The van der Waals surface area contributed by atoms with Crippen molar-refractivity contribution in [1.82, 2.24) is 19.4 Å². The van der Waals surface area contributed by atoms with E-state index in [2.05, 4.69) is 62.9 Å². The van der Waals surface area contributed by atoms with Crippen molar-refractivity contribution in [3.63, 3.8) is 0 Å². The van der Waals surface area contributed by atoms with Gasteiger partial charge < -0.3 is 0 Å². The highest BCUT2D eigenvalue weighted by Gasteiger charge is 2.23. The maximum absolute atomic E-state index is 4.89. The van der Waals surface area contributed by atoms with E-state index in [1.165, 1.54) is 38.4 Å². The second kappa shape index (κ2) is 4.93. The third-order valence-corrected chi connectivity index (χ3v) is 5.97. The van der Waals surface area contributed by atoms with E-state index < -0.39 is 0 Å². The molecular formula is C24H14N4. The number of fused-ring (bicyclic) bond motifs is 12. The number of hydrogen-bond acceptors (Lipinski definition) is 3. The van der Waals surface area contributed by atoms with Gasteiger partial charge in [-0.15, -0.1) is 0 Å². The smallest absolute Gasteiger partial charge is 0.178 e. The summed E-state index contributed by atoms with van der Waals surface area (Å²) in [5, 5.41) is 3.67. The lowest BCUT2D eigenvalue weighted by Gasteiger charge is -2.12. The van der Waals surface area contributed by atoms with E-state index in [0.717, 1.165) is 28.7 Å². The first-order valence-electron chi connectivity index (χ1n) is 9.43. The molecule has 1 aliphatic rings. The summed E-state index contributed by atoms with van der Waals surface area (Å²) in [6.07, 6.45) is 6.57. The van der Waals surface area contributed by atoms with Crippen LogP contribution in [-0.4, -0.2) is 19.4 Å². The van der Waals surface area contributed by atoms with Gasteiger partial charge in [-0.3, -0.25) is 9.38 Å². The molecular weight excluding hydrogens is 344 g/mol. The van der Waals surface area contributed by atoms with Crippen LogP contribution in [0.25, 0.3) is 49.6 Å². The molecule has 7 rings (SSSR count). The SMILES string of the molecule is c1ccc2c(c1)Cc1c-2ccc2c1c1ccncc1n1c3cccnc3nc21. The standard InChI is InChI=1S/C24H14N4/c1-2-5-15-14(4-1)12-19-16(15)7-8-18-22(19)17-9-11-25-13-21(17)28-20-6-3-10-26-23(20)27-24(18)28/h1-11,13H,12H2. The van der Waals surface area contributed by atoms with Crippen molar-refractivity contribution in [3.05, 3.63) is 84.3 Å². The third-order valence-electron chi connectivity index (χ3n) is 5.97. The van der Waals surface area contributed by atoms with Crippen LogP contribution in [0.15, 0.2) is 73.2 Å². The molecule has 0 N–H and O–H groups in total. The molecule has 4 aromatic heterocycles. The molecule has 0 radical (unpaired) electrons. The van der Waals surface area contributed by atoms with Crippen LogP contribution in [0.3, 0.4) is 0 Å². The molecule has 1 aliphatic carbocycles. The Bertz CT molecular complexity index is 1590. The molecule has 0 saturated heterocycles. The first-order chi connectivity index (χ1) is 13.9. The number of rotatable bonds is 0. The minimum Gasteiger partial charge on any atom is -0.288 e. The van der Waals surface area contributed by atoms with Crippen molar-refractivity contribution in [2.45, 2.75) is 6.42 Å². The zero-order valence-electron chi connectivity index (χ0n) is 14.9. The van der Waals surface area contributed by atoms with Gasteiger partial charge in [0.25, 0.3) is 0 Å². The normalized spacial score (nSPS) is 12.9. The van der Waals surface area contributed by atoms with E-state index in [1.54, 1.807) is 6.20 Å². The minimum absolute atomic E-state index is 0.768. The van der Waals surface area contributed by atoms with Crippen LogP contribution >= 0.6 is 0 Å². The molecule has 0 atom stereocenters. The summed E-state index contributed by atoms with van der Waals surface area (Å²) in [5.74, 6) is 0. The number of benzene rings is 2.